The van der Waals surface area contributed by atoms with Gasteiger partial charge >= 0.3 is 23.5 Å². The number of nitrogen functional groups attached to an aromatic ring is 1. The third-order valence-electron chi connectivity index (χ3n) is 5.23. The van der Waals surface area contributed by atoms with Crippen LogP contribution in [0.3, 0.4) is 0 Å². The van der Waals surface area contributed by atoms with Crippen LogP contribution < -0.4 is 11.3 Å². The monoisotopic (exact) mass is 606 g/mol. The number of aliphatic hydroxyl groups excluding tert-OH is 1. The van der Waals surface area contributed by atoms with Crippen molar-refractivity contribution in [3.8, 4) is 11.8 Å². The summed E-state index contributed by atoms with van der Waals surface area (Å²) in [6, 6.07) is 0. The van der Waals surface area contributed by atoms with Crippen LogP contribution in [0.4, 0.5) is 10.3 Å². The summed E-state index contributed by atoms with van der Waals surface area (Å²) in [6.45, 7) is 1.44. The van der Waals surface area contributed by atoms with E-state index in [2.05, 4.69) is 30.4 Å². The van der Waals surface area contributed by atoms with Crippen molar-refractivity contribution in [2.75, 3.05) is 12.3 Å². The molecule has 22 heteroatoms. The normalized spacial score (nSPS) is 27.9. The summed E-state index contributed by atoms with van der Waals surface area (Å²) in [6.07, 6.45) is -4.27. The molecule has 38 heavy (non-hydrogen) atoms. The number of hydrogen-bond donors (Lipinski definition) is 8. The molecule has 1 fully saturated rings. The summed E-state index contributed by atoms with van der Waals surface area (Å²) in [4.78, 5) is 54.6. The number of anilines is 1. The average Bonchev–Trinajstić information content (AvgIpc) is 3.18. The van der Waals surface area contributed by atoms with Crippen molar-refractivity contribution >= 4 is 40.4 Å². The van der Waals surface area contributed by atoms with E-state index in [0.29, 0.717) is 0 Å². The number of rotatable bonds is 9. The molecule has 0 aliphatic carbocycles. The van der Waals surface area contributed by atoms with Gasteiger partial charge in [-0.3, -0.25) is 18.9 Å². The Labute approximate surface area is 211 Å². The minimum absolute atomic E-state index is 0.386. The lowest BCUT2D eigenvalue weighted by Crippen LogP contribution is -2.45. The summed E-state index contributed by atoms with van der Waals surface area (Å²) >= 11 is 0. The summed E-state index contributed by atoms with van der Waals surface area (Å²) in [5, 5.41) is 20.9. The third-order valence-corrected chi connectivity index (χ3v) is 9.16. The van der Waals surface area contributed by atoms with E-state index in [0.717, 1.165) is 17.7 Å². The van der Waals surface area contributed by atoms with Gasteiger partial charge in [-0.2, -0.15) is 13.6 Å². The second kappa shape index (κ2) is 10.5. The quantitative estimate of drug-likeness (QED) is 0.131. The first kappa shape index (κ1) is 30.5. The SMILES string of the molecule is CC#CC1(O)C(CO)[C@@H]([C@@H](C)OP(=O)(O)OP(=O)(O)OP(=O)(O)O)O[C@H]1n1cc(F)c2c(=O)[nH]c(N)nc21. The lowest BCUT2D eigenvalue weighted by atomic mass is 9.84. The van der Waals surface area contributed by atoms with E-state index in [1.165, 1.54) is 6.92 Å². The number of ether oxygens (including phenoxy) is 1. The molecule has 0 spiro atoms. The summed E-state index contributed by atoms with van der Waals surface area (Å²) in [5.74, 6) is 1.85. The molecule has 3 heterocycles. The minimum Gasteiger partial charge on any atom is -0.396 e. The Morgan fingerprint density at radius 3 is 2.47 bits per heavy atom. The Morgan fingerprint density at radius 2 is 1.92 bits per heavy atom. The molecule has 0 bridgehead atoms. The van der Waals surface area contributed by atoms with Gasteiger partial charge in [0.15, 0.2) is 23.3 Å². The molecule has 1 aliphatic heterocycles. The highest BCUT2D eigenvalue weighted by atomic mass is 31.3. The molecular weight excluding hydrogens is 584 g/mol. The van der Waals surface area contributed by atoms with Crippen LogP contribution in [0.15, 0.2) is 11.0 Å². The summed E-state index contributed by atoms with van der Waals surface area (Å²) in [5.41, 5.74) is 1.83. The molecule has 212 valence electrons. The van der Waals surface area contributed by atoms with Crippen LogP contribution in [0.1, 0.15) is 20.1 Å². The topological polar surface area (TPSA) is 286 Å². The van der Waals surface area contributed by atoms with E-state index in [-0.39, 0.29) is 5.65 Å². The van der Waals surface area contributed by atoms with Crippen molar-refractivity contribution in [2.45, 2.75) is 37.9 Å². The number of nitrogens with two attached hydrogens (primary N) is 1. The smallest absolute Gasteiger partial charge is 0.396 e. The molecule has 0 radical (unpaired) electrons. The van der Waals surface area contributed by atoms with Crippen molar-refractivity contribution < 1.29 is 65.8 Å². The van der Waals surface area contributed by atoms with Crippen LogP contribution >= 0.6 is 23.5 Å². The van der Waals surface area contributed by atoms with E-state index in [1.54, 1.807) is 0 Å². The van der Waals surface area contributed by atoms with Crippen LogP contribution in [0.25, 0.3) is 11.0 Å². The number of halogens is 1. The van der Waals surface area contributed by atoms with Crippen molar-refractivity contribution in [3.63, 3.8) is 0 Å². The zero-order valence-electron chi connectivity index (χ0n) is 19.2. The predicted molar refractivity (Wildman–Crippen MR) is 122 cm³/mol. The molecule has 9 N–H and O–H groups in total. The van der Waals surface area contributed by atoms with E-state index >= 15 is 0 Å². The predicted octanol–water partition coefficient (Wildman–Crippen LogP) is -0.562. The maximum atomic E-state index is 14.6. The number of nitrogens with zero attached hydrogens (tertiary/aromatic N) is 2. The molecule has 4 unspecified atom stereocenters. The molecule has 18 nitrogen and oxygen atoms in total. The Bertz CT molecular complexity index is 1500. The molecule has 0 amide bonds. The fourth-order valence-corrected chi connectivity index (χ4v) is 7.17. The fourth-order valence-electron chi connectivity index (χ4n) is 3.97. The van der Waals surface area contributed by atoms with Crippen LogP contribution in [-0.2, 0) is 31.6 Å². The Kier molecular flexibility index (Phi) is 8.46. The van der Waals surface area contributed by atoms with Crippen molar-refractivity contribution in [1.29, 1.82) is 0 Å². The number of aromatic nitrogens is 3. The first-order valence-electron chi connectivity index (χ1n) is 10.1. The van der Waals surface area contributed by atoms with Gasteiger partial charge in [0.2, 0.25) is 5.95 Å². The first-order chi connectivity index (χ1) is 17.3. The Balaban J connectivity index is 2.01. The van der Waals surface area contributed by atoms with Gasteiger partial charge < -0.3 is 40.3 Å². The number of aromatic amines is 1. The summed E-state index contributed by atoms with van der Waals surface area (Å²) < 4.78 is 68.0. The van der Waals surface area contributed by atoms with Gasteiger partial charge in [-0.05, 0) is 13.8 Å². The van der Waals surface area contributed by atoms with Crippen molar-refractivity contribution in [3.05, 3.63) is 22.4 Å². The maximum absolute atomic E-state index is 14.6. The standard InChI is InChI=1S/C16H22FN4O14P3/c1-3-4-16(24)8(6-22)11(7(2)33-37(28,29)35-38(30,31)34-36(25,26)27)32-14(16)21-5-9(17)10-12(21)19-15(18)20-13(10)23/h5,7-8,11,14,22,24H,6H2,1-2H3,(H,28,29)(H,30,31)(H2,25,26,27)(H3,18,19,20,23)/t7-,8?,11-,14-,16?/m1/s1. The van der Waals surface area contributed by atoms with Gasteiger partial charge in [0, 0.05) is 6.20 Å². The van der Waals surface area contributed by atoms with Gasteiger partial charge in [0.1, 0.15) is 5.39 Å². The molecule has 2 aromatic rings. The lowest BCUT2D eigenvalue weighted by Gasteiger charge is -2.29. The maximum Gasteiger partial charge on any atom is 0.490 e. The second-order valence-corrected chi connectivity index (χ2v) is 12.3. The van der Waals surface area contributed by atoms with Gasteiger partial charge in [-0.15, -0.1) is 5.92 Å². The molecule has 2 aromatic heterocycles. The minimum atomic E-state index is -5.84. The van der Waals surface area contributed by atoms with E-state index in [9.17, 15) is 42.9 Å². The number of nitrogens with one attached hydrogen (secondary N) is 1. The molecule has 1 aliphatic rings. The average molecular weight is 606 g/mol. The van der Waals surface area contributed by atoms with Crippen molar-refractivity contribution in [1.82, 2.24) is 14.5 Å². The number of hydrogen-bond acceptors (Lipinski definition) is 12. The molecule has 1 saturated heterocycles. The number of aliphatic hydroxyl groups is 2. The number of fused-ring (bicyclic) bond motifs is 1. The lowest BCUT2D eigenvalue weighted by molar-refractivity contribution is -0.0830. The fraction of sp³-hybridized carbons (Fsp3) is 0.500. The summed E-state index contributed by atoms with van der Waals surface area (Å²) in [7, 11) is -17.1. The van der Waals surface area contributed by atoms with Crippen LogP contribution in [-0.4, -0.2) is 68.7 Å². The molecule has 0 aromatic carbocycles. The van der Waals surface area contributed by atoms with Gasteiger partial charge in [0.05, 0.1) is 24.7 Å². The van der Waals surface area contributed by atoms with E-state index in [4.69, 9.17) is 24.8 Å². The molecule has 0 saturated carbocycles. The van der Waals surface area contributed by atoms with E-state index < -0.39 is 82.7 Å². The largest absolute Gasteiger partial charge is 0.490 e. The number of phosphoric acid groups is 3. The zero-order valence-corrected chi connectivity index (χ0v) is 21.9. The van der Waals surface area contributed by atoms with Crippen molar-refractivity contribution in [2.24, 2.45) is 5.92 Å². The number of H-pyrrole nitrogens is 1. The Hall–Kier alpha value is -2.00. The third kappa shape index (κ3) is 6.24. The van der Waals surface area contributed by atoms with Crippen LogP contribution in [0.5, 0.6) is 0 Å². The highest BCUT2D eigenvalue weighted by Crippen LogP contribution is 2.67. The highest BCUT2D eigenvalue weighted by Gasteiger charge is 2.58. The zero-order chi connectivity index (χ0) is 28.8. The number of phosphoric ester groups is 1. The molecular formula is C16H22FN4O14P3. The molecule has 7 atom stereocenters. The first-order valence-corrected chi connectivity index (χ1v) is 14.7. The Morgan fingerprint density at radius 1 is 1.29 bits per heavy atom. The molecule has 3 rings (SSSR count). The van der Waals surface area contributed by atoms with E-state index in [1.807, 2.05) is 0 Å². The second-order valence-electron chi connectivity index (χ2n) is 7.88. The van der Waals surface area contributed by atoms with Crippen LogP contribution in [0, 0.1) is 23.6 Å². The van der Waals surface area contributed by atoms with Gasteiger partial charge in [-0.25, -0.2) is 18.1 Å². The van der Waals surface area contributed by atoms with Crippen LogP contribution in [0.2, 0.25) is 0 Å². The van der Waals surface area contributed by atoms with Gasteiger partial charge in [-0.1, -0.05) is 5.92 Å². The van der Waals surface area contributed by atoms with Gasteiger partial charge in [0.25, 0.3) is 5.56 Å². The highest BCUT2D eigenvalue weighted by molar-refractivity contribution is 7.66.